The summed E-state index contributed by atoms with van der Waals surface area (Å²) in [6, 6.07) is 11.6. The van der Waals surface area contributed by atoms with E-state index in [4.69, 9.17) is 4.52 Å². The summed E-state index contributed by atoms with van der Waals surface area (Å²) < 4.78 is 5.19. The van der Waals surface area contributed by atoms with Gasteiger partial charge >= 0.3 is 0 Å². The fourth-order valence-corrected chi connectivity index (χ4v) is 1.65. The van der Waals surface area contributed by atoms with Crippen LogP contribution >= 0.6 is 12.4 Å². The minimum absolute atomic E-state index is 0. The average molecular weight is 296 g/mol. The lowest BCUT2D eigenvalue weighted by Crippen LogP contribution is -2.25. The summed E-state index contributed by atoms with van der Waals surface area (Å²) in [6.45, 7) is 1.03. The van der Waals surface area contributed by atoms with E-state index in [0.717, 1.165) is 11.3 Å². The Morgan fingerprint density at radius 1 is 1.30 bits per heavy atom. The van der Waals surface area contributed by atoms with Crippen molar-refractivity contribution in [2.75, 3.05) is 13.6 Å². The number of halogens is 1. The van der Waals surface area contributed by atoms with Crippen LogP contribution in [0, 0.1) is 0 Å². The predicted octanol–water partition coefficient (Wildman–Crippen LogP) is 1.99. The minimum Gasteiger partial charge on any atom is -0.359 e. The molecule has 2 aromatic rings. The Hall–Kier alpha value is -1.85. The molecule has 108 valence electrons. The lowest BCUT2D eigenvalue weighted by molar-refractivity contribution is -0.121. The first-order valence-electron chi connectivity index (χ1n) is 6.22. The third-order valence-corrected chi connectivity index (χ3v) is 2.69. The van der Waals surface area contributed by atoms with E-state index in [9.17, 15) is 4.79 Å². The highest BCUT2D eigenvalue weighted by atomic mass is 35.5. The molecule has 20 heavy (non-hydrogen) atoms. The molecule has 5 nitrogen and oxygen atoms in total. The molecule has 1 aromatic heterocycles. The standard InChI is InChI=1S/C14H17N3O2.ClH/c1-15-8-7-14(18)16-10-12-9-13(17-19-12)11-5-3-2-4-6-11;/h2-6,9,15H,7-8,10H2,1H3,(H,16,18);1H. The van der Waals surface area contributed by atoms with Gasteiger partial charge in [-0.1, -0.05) is 35.5 Å². The van der Waals surface area contributed by atoms with Crippen molar-refractivity contribution >= 4 is 18.3 Å². The zero-order chi connectivity index (χ0) is 13.5. The van der Waals surface area contributed by atoms with Crippen LogP contribution in [0.4, 0.5) is 0 Å². The maximum Gasteiger partial charge on any atom is 0.221 e. The van der Waals surface area contributed by atoms with E-state index in [-0.39, 0.29) is 18.3 Å². The van der Waals surface area contributed by atoms with Crippen LogP contribution in [0.1, 0.15) is 12.2 Å². The highest BCUT2D eigenvalue weighted by Crippen LogP contribution is 2.18. The normalized spacial score (nSPS) is 9.85. The fourth-order valence-electron chi connectivity index (χ4n) is 1.65. The summed E-state index contributed by atoms with van der Waals surface area (Å²) in [5, 5.41) is 9.70. The molecule has 1 heterocycles. The molecule has 1 amide bonds. The second-order valence-electron chi connectivity index (χ2n) is 4.17. The lowest BCUT2D eigenvalue weighted by Gasteiger charge is -2.01. The summed E-state index contributed by atoms with van der Waals surface area (Å²) in [4.78, 5) is 11.4. The molecule has 0 atom stereocenters. The summed E-state index contributed by atoms with van der Waals surface area (Å²) in [6.07, 6.45) is 0.455. The molecule has 0 saturated carbocycles. The maximum atomic E-state index is 11.4. The van der Waals surface area contributed by atoms with Crippen LogP contribution in [0.15, 0.2) is 40.9 Å². The first kappa shape index (κ1) is 16.2. The van der Waals surface area contributed by atoms with E-state index in [1.54, 1.807) is 0 Å². The van der Waals surface area contributed by atoms with Crippen LogP contribution in [0.2, 0.25) is 0 Å². The van der Waals surface area contributed by atoms with Crippen LogP contribution in [0.25, 0.3) is 11.3 Å². The number of hydrogen-bond acceptors (Lipinski definition) is 4. The Morgan fingerprint density at radius 3 is 2.75 bits per heavy atom. The minimum atomic E-state index is -0.00740. The van der Waals surface area contributed by atoms with E-state index in [0.29, 0.717) is 25.3 Å². The topological polar surface area (TPSA) is 67.2 Å². The smallest absolute Gasteiger partial charge is 0.221 e. The first-order chi connectivity index (χ1) is 9.29. The molecular weight excluding hydrogens is 278 g/mol. The monoisotopic (exact) mass is 295 g/mol. The van der Waals surface area contributed by atoms with Gasteiger partial charge in [-0.3, -0.25) is 4.79 Å². The van der Waals surface area contributed by atoms with Crippen molar-refractivity contribution in [1.82, 2.24) is 15.8 Å². The predicted molar refractivity (Wildman–Crippen MR) is 79.6 cm³/mol. The second-order valence-corrected chi connectivity index (χ2v) is 4.17. The number of benzene rings is 1. The first-order valence-corrected chi connectivity index (χ1v) is 6.22. The molecule has 0 radical (unpaired) electrons. The van der Waals surface area contributed by atoms with Crippen molar-refractivity contribution < 1.29 is 9.32 Å². The Morgan fingerprint density at radius 2 is 2.05 bits per heavy atom. The van der Waals surface area contributed by atoms with Crippen LogP contribution in [0.3, 0.4) is 0 Å². The molecule has 0 saturated heterocycles. The van der Waals surface area contributed by atoms with Gasteiger partial charge in [0, 0.05) is 24.6 Å². The Balaban J connectivity index is 0.00000200. The molecule has 0 aliphatic rings. The summed E-state index contributed by atoms with van der Waals surface area (Å²) >= 11 is 0. The summed E-state index contributed by atoms with van der Waals surface area (Å²) in [5.74, 6) is 0.642. The molecule has 0 fully saturated rings. The van der Waals surface area contributed by atoms with Gasteiger partial charge in [-0.05, 0) is 7.05 Å². The van der Waals surface area contributed by atoms with Gasteiger partial charge in [-0.25, -0.2) is 0 Å². The summed E-state index contributed by atoms with van der Waals surface area (Å²) in [7, 11) is 1.82. The Bertz CT molecular complexity index is 528. The molecule has 0 spiro atoms. The van der Waals surface area contributed by atoms with Crippen molar-refractivity contribution in [2.24, 2.45) is 0 Å². The number of aromatic nitrogens is 1. The van der Waals surface area contributed by atoms with Gasteiger partial charge in [-0.2, -0.15) is 0 Å². The lowest BCUT2D eigenvalue weighted by atomic mass is 10.1. The highest BCUT2D eigenvalue weighted by molar-refractivity contribution is 5.85. The fraction of sp³-hybridized carbons (Fsp3) is 0.286. The van der Waals surface area contributed by atoms with Crippen LogP contribution in [-0.2, 0) is 11.3 Å². The Labute approximate surface area is 124 Å². The third-order valence-electron chi connectivity index (χ3n) is 2.69. The van der Waals surface area contributed by atoms with Crippen LogP contribution in [0.5, 0.6) is 0 Å². The van der Waals surface area contributed by atoms with Crippen molar-refractivity contribution in [1.29, 1.82) is 0 Å². The van der Waals surface area contributed by atoms with Gasteiger partial charge in [0.05, 0.1) is 6.54 Å². The van der Waals surface area contributed by atoms with Gasteiger partial charge in [0.2, 0.25) is 5.91 Å². The van der Waals surface area contributed by atoms with E-state index in [1.807, 2.05) is 43.4 Å². The Kier molecular flexibility index (Phi) is 6.76. The average Bonchev–Trinajstić information content (AvgIpc) is 2.93. The number of carbonyl (C=O) groups is 1. The number of nitrogens with zero attached hydrogens (tertiary/aromatic N) is 1. The number of nitrogens with one attached hydrogen (secondary N) is 2. The highest BCUT2D eigenvalue weighted by Gasteiger charge is 2.07. The molecular formula is C14H18ClN3O2. The van der Waals surface area contributed by atoms with Crippen molar-refractivity contribution in [2.45, 2.75) is 13.0 Å². The van der Waals surface area contributed by atoms with Gasteiger partial charge < -0.3 is 15.2 Å². The number of carbonyl (C=O) groups excluding carboxylic acids is 1. The summed E-state index contributed by atoms with van der Waals surface area (Å²) in [5.41, 5.74) is 1.78. The molecule has 2 rings (SSSR count). The number of rotatable bonds is 6. The molecule has 1 aromatic carbocycles. The van der Waals surface area contributed by atoms with E-state index < -0.39 is 0 Å². The second kappa shape index (κ2) is 8.35. The quantitative estimate of drug-likeness (QED) is 0.855. The molecule has 6 heteroatoms. The van der Waals surface area contributed by atoms with E-state index in [2.05, 4.69) is 15.8 Å². The zero-order valence-corrected chi connectivity index (χ0v) is 12.1. The van der Waals surface area contributed by atoms with Gasteiger partial charge in [0.15, 0.2) is 5.76 Å². The third kappa shape index (κ3) is 4.68. The van der Waals surface area contributed by atoms with Crippen molar-refractivity contribution in [3.63, 3.8) is 0 Å². The van der Waals surface area contributed by atoms with Crippen LogP contribution in [-0.4, -0.2) is 24.7 Å². The van der Waals surface area contributed by atoms with Gasteiger partial charge in [0.25, 0.3) is 0 Å². The molecule has 0 bridgehead atoms. The van der Waals surface area contributed by atoms with Crippen molar-refractivity contribution in [3.05, 3.63) is 42.2 Å². The zero-order valence-electron chi connectivity index (χ0n) is 11.3. The molecule has 2 N–H and O–H groups in total. The molecule has 0 unspecified atom stereocenters. The number of hydrogen-bond donors (Lipinski definition) is 2. The van der Waals surface area contributed by atoms with Gasteiger partial charge in [-0.15, -0.1) is 12.4 Å². The van der Waals surface area contributed by atoms with Crippen LogP contribution < -0.4 is 10.6 Å². The largest absolute Gasteiger partial charge is 0.359 e. The van der Waals surface area contributed by atoms with Crippen molar-refractivity contribution in [3.8, 4) is 11.3 Å². The van der Waals surface area contributed by atoms with E-state index in [1.165, 1.54) is 0 Å². The molecule has 0 aliphatic carbocycles. The SMILES string of the molecule is CNCCC(=O)NCc1cc(-c2ccccc2)no1.Cl. The maximum absolute atomic E-state index is 11.4. The number of amides is 1. The van der Waals surface area contributed by atoms with Gasteiger partial charge in [0.1, 0.15) is 5.69 Å². The van der Waals surface area contributed by atoms with E-state index >= 15 is 0 Å². The molecule has 0 aliphatic heterocycles.